The number of hydrogen-bond donors (Lipinski definition) is 3. The van der Waals surface area contributed by atoms with Gasteiger partial charge in [-0.3, -0.25) is 9.59 Å². The summed E-state index contributed by atoms with van der Waals surface area (Å²) in [6.07, 6.45) is 0.0779. The fourth-order valence-electron chi connectivity index (χ4n) is 4.60. The van der Waals surface area contributed by atoms with Gasteiger partial charge in [-0.2, -0.15) is 0 Å². The van der Waals surface area contributed by atoms with Gasteiger partial charge in [0.1, 0.15) is 23.0 Å². The summed E-state index contributed by atoms with van der Waals surface area (Å²) in [6, 6.07) is 12.5. The van der Waals surface area contributed by atoms with Gasteiger partial charge in [-0.15, -0.1) is 0 Å². The Hall–Kier alpha value is -4.40. The van der Waals surface area contributed by atoms with Gasteiger partial charge in [0, 0.05) is 34.4 Å². The molecule has 1 unspecified atom stereocenters. The van der Waals surface area contributed by atoms with Crippen LogP contribution in [0.3, 0.4) is 0 Å². The predicted molar refractivity (Wildman–Crippen MR) is 143 cm³/mol. The van der Waals surface area contributed by atoms with Gasteiger partial charge in [-0.1, -0.05) is 44.2 Å². The number of carboxylic acids is 1. The van der Waals surface area contributed by atoms with E-state index in [-0.39, 0.29) is 25.3 Å². The molecule has 2 heterocycles. The monoisotopic (exact) mass is 518 g/mol. The van der Waals surface area contributed by atoms with Crippen molar-refractivity contribution < 1.29 is 28.3 Å². The fraction of sp³-hybridized carbons (Fsp3) is 0.310. The number of fused-ring (bicyclic) bond motifs is 2. The van der Waals surface area contributed by atoms with Crippen LogP contribution in [0.4, 0.5) is 0 Å². The molecule has 0 aliphatic carbocycles. The smallest absolute Gasteiger partial charge is 0.339 e. The summed E-state index contributed by atoms with van der Waals surface area (Å²) in [5.41, 5.74) is 3.55. The van der Waals surface area contributed by atoms with E-state index in [1.165, 1.54) is 0 Å². The van der Waals surface area contributed by atoms with Crippen molar-refractivity contribution in [3.63, 3.8) is 0 Å². The number of hydrogen-bond acceptors (Lipinski definition) is 6. The fourth-order valence-corrected chi connectivity index (χ4v) is 4.60. The zero-order valence-electron chi connectivity index (χ0n) is 21.7. The van der Waals surface area contributed by atoms with Gasteiger partial charge in [0.25, 0.3) is 0 Å². The second-order valence-electron chi connectivity index (χ2n) is 9.64. The second kappa shape index (κ2) is 10.9. The number of amides is 2. The maximum Gasteiger partial charge on any atom is 0.339 e. The molecule has 1 atom stereocenters. The van der Waals surface area contributed by atoms with E-state index < -0.39 is 29.5 Å². The number of aliphatic carboxylic acids is 1. The van der Waals surface area contributed by atoms with Gasteiger partial charge in [0.2, 0.25) is 11.8 Å². The van der Waals surface area contributed by atoms with Crippen molar-refractivity contribution in [2.75, 3.05) is 6.54 Å². The van der Waals surface area contributed by atoms with Crippen molar-refractivity contribution in [2.24, 2.45) is 5.92 Å². The van der Waals surface area contributed by atoms with Crippen molar-refractivity contribution in [1.82, 2.24) is 10.6 Å². The number of carbonyl (C=O) groups is 3. The Kier molecular flexibility index (Phi) is 7.66. The Morgan fingerprint density at radius 3 is 2.29 bits per heavy atom. The highest BCUT2D eigenvalue weighted by molar-refractivity contribution is 6.03. The van der Waals surface area contributed by atoms with Crippen molar-refractivity contribution in [3.8, 4) is 11.1 Å². The van der Waals surface area contributed by atoms with Crippen LogP contribution in [0.25, 0.3) is 33.1 Å². The number of carboxylic acid groups (broad SMARTS) is 1. The van der Waals surface area contributed by atoms with Gasteiger partial charge in [-0.05, 0) is 43.4 Å². The summed E-state index contributed by atoms with van der Waals surface area (Å²) in [4.78, 5) is 48.5. The lowest BCUT2D eigenvalue weighted by atomic mass is 9.98. The molecule has 2 aromatic heterocycles. The summed E-state index contributed by atoms with van der Waals surface area (Å²) in [6.45, 7) is 6.71. The van der Waals surface area contributed by atoms with Gasteiger partial charge < -0.3 is 24.6 Å². The maximum atomic E-state index is 12.8. The average molecular weight is 519 g/mol. The van der Waals surface area contributed by atoms with E-state index >= 15 is 0 Å². The van der Waals surface area contributed by atoms with Crippen LogP contribution in [0.15, 0.2) is 56.1 Å². The van der Waals surface area contributed by atoms with Gasteiger partial charge in [-0.25, -0.2) is 9.59 Å². The van der Waals surface area contributed by atoms with Crippen molar-refractivity contribution in [3.05, 3.63) is 69.8 Å². The van der Waals surface area contributed by atoms with Crippen LogP contribution in [-0.4, -0.2) is 35.5 Å². The number of carbonyl (C=O) groups excluding carboxylic acids is 2. The standard InChI is InChI=1S/C29H30N2O7/c1-15(2)27(28(34)35)31-25(33)14-30-24(32)11-10-19-16(3)20-12-21-23(13-22(20)38-29(19)36)37-17(4)26(21)18-8-6-5-7-9-18/h5-9,12-13,15,27H,10-11,14H2,1-4H3,(H,30,32)(H,31,33)(H,34,35). The first kappa shape index (κ1) is 26.7. The lowest BCUT2D eigenvalue weighted by molar-refractivity contribution is -0.143. The molecule has 38 heavy (non-hydrogen) atoms. The summed E-state index contributed by atoms with van der Waals surface area (Å²) in [5.74, 6) is -1.74. The first-order valence-electron chi connectivity index (χ1n) is 12.4. The molecule has 0 aliphatic heterocycles. The third-order valence-corrected chi connectivity index (χ3v) is 6.63. The van der Waals surface area contributed by atoms with E-state index in [1.807, 2.05) is 50.2 Å². The molecule has 0 aliphatic rings. The Labute approximate surface area is 218 Å². The molecular weight excluding hydrogens is 488 g/mol. The summed E-state index contributed by atoms with van der Waals surface area (Å²) >= 11 is 0. The number of rotatable bonds is 9. The predicted octanol–water partition coefficient (Wildman–Crippen LogP) is 4.10. The molecule has 0 saturated carbocycles. The number of nitrogens with one attached hydrogen (secondary N) is 2. The van der Waals surface area contributed by atoms with E-state index in [4.69, 9.17) is 8.83 Å². The number of aryl methyl sites for hydroxylation is 2. The van der Waals surface area contributed by atoms with Gasteiger partial charge in [0.05, 0.1) is 6.54 Å². The van der Waals surface area contributed by atoms with Crippen LogP contribution in [0.2, 0.25) is 0 Å². The van der Waals surface area contributed by atoms with Crippen molar-refractivity contribution >= 4 is 39.7 Å². The van der Waals surface area contributed by atoms with Crippen molar-refractivity contribution in [2.45, 2.75) is 46.6 Å². The van der Waals surface area contributed by atoms with Gasteiger partial charge >= 0.3 is 11.6 Å². The maximum absolute atomic E-state index is 12.8. The number of furan rings is 1. The Bertz CT molecular complexity index is 1580. The zero-order valence-corrected chi connectivity index (χ0v) is 21.7. The average Bonchev–Trinajstić information content (AvgIpc) is 3.19. The molecule has 9 heteroatoms. The zero-order chi connectivity index (χ0) is 27.6. The highest BCUT2D eigenvalue weighted by atomic mass is 16.4. The minimum atomic E-state index is -1.14. The molecule has 3 N–H and O–H groups in total. The van der Waals surface area contributed by atoms with E-state index in [0.717, 1.165) is 27.7 Å². The van der Waals surface area contributed by atoms with Crippen LogP contribution in [0.5, 0.6) is 0 Å². The third kappa shape index (κ3) is 5.46. The lowest BCUT2D eigenvalue weighted by Crippen LogP contribution is -2.48. The van der Waals surface area contributed by atoms with Crippen LogP contribution in [0.1, 0.15) is 37.2 Å². The highest BCUT2D eigenvalue weighted by Gasteiger charge is 2.23. The molecule has 0 saturated heterocycles. The first-order chi connectivity index (χ1) is 18.1. The molecule has 2 aromatic carbocycles. The molecule has 9 nitrogen and oxygen atoms in total. The summed E-state index contributed by atoms with van der Waals surface area (Å²) in [5, 5.41) is 15.7. The Morgan fingerprint density at radius 2 is 1.63 bits per heavy atom. The van der Waals surface area contributed by atoms with Crippen LogP contribution in [-0.2, 0) is 20.8 Å². The quantitative estimate of drug-likeness (QED) is 0.284. The minimum absolute atomic E-state index is 0.0424. The summed E-state index contributed by atoms with van der Waals surface area (Å²) < 4.78 is 11.6. The molecule has 4 aromatic rings. The third-order valence-electron chi connectivity index (χ3n) is 6.63. The lowest BCUT2D eigenvalue weighted by Gasteiger charge is -2.18. The normalized spacial score (nSPS) is 12.1. The largest absolute Gasteiger partial charge is 0.480 e. The highest BCUT2D eigenvalue weighted by Crippen LogP contribution is 2.37. The van der Waals surface area contributed by atoms with Gasteiger partial charge in [0.15, 0.2) is 0 Å². The molecule has 0 radical (unpaired) electrons. The topological polar surface area (TPSA) is 139 Å². The van der Waals surface area contributed by atoms with Crippen LogP contribution < -0.4 is 16.3 Å². The molecule has 198 valence electrons. The van der Waals surface area contributed by atoms with Crippen LogP contribution in [0, 0.1) is 19.8 Å². The Balaban J connectivity index is 1.52. The summed E-state index contributed by atoms with van der Waals surface area (Å²) in [7, 11) is 0. The molecule has 4 rings (SSSR count). The van der Waals surface area contributed by atoms with E-state index in [1.54, 1.807) is 19.9 Å². The SMILES string of the molecule is Cc1oc2cc3oc(=O)c(CCC(=O)NCC(=O)NC(C(=O)O)C(C)C)c(C)c3cc2c1-c1ccccc1. The van der Waals surface area contributed by atoms with E-state index in [9.17, 15) is 24.3 Å². The second-order valence-corrected chi connectivity index (χ2v) is 9.64. The van der Waals surface area contributed by atoms with Crippen molar-refractivity contribution in [1.29, 1.82) is 0 Å². The van der Waals surface area contributed by atoms with Crippen LogP contribution >= 0.6 is 0 Å². The minimum Gasteiger partial charge on any atom is -0.480 e. The Morgan fingerprint density at radius 1 is 0.947 bits per heavy atom. The molecule has 0 bridgehead atoms. The molecule has 2 amide bonds. The van der Waals surface area contributed by atoms with E-state index in [2.05, 4.69) is 10.6 Å². The number of benzene rings is 2. The molecule has 0 fully saturated rings. The first-order valence-corrected chi connectivity index (χ1v) is 12.4. The molecular formula is C29H30N2O7. The molecule has 0 spiro atoms. The van der Waals surface area contributed by atoms with E-state index in [0.29, 0.717) is 22.3 Å².